The molecule has 0 unspecified atom stereocenters. The highest BCUT2D eigenvalue weighted by Gasteiger charge is 2.38. The molecule has 0 aliphatic heterocycles. The van der Waals surface area contributed by atoms with E-state index in [4.69, 9.17) is 9.90 Å². The minimum Gasteiger partial charge on any atom is -0.478 e. The summed E-state index contributed by atoms with van der Waals surface area (Å²) in [6.45, 7) is 3.67. The van der Waals surface area contributed by atoms with Crippen LogP contribution < -0.4 is 9.62 Å². The molecule has 15 heteroatoms. The quantitative estimate of drug-likeness (QED) is 0.423. The first-order valence-electron chi connectivity index (χ1n) is 9.80. The number of carboxylic acid groups (broad SMARTS) is 2. The zero-order valence-electron chi connectivity index (χ0n) is 18.9. The van der Waals surface area contributed by atoms with Crippen LogP contribution in [0.15, 0.2) is 41.4 Å². The highest BCUT2D eigenvalue weighted by Crippen LogP contribution is 2.23. The molecule has 0 saturated heterocycles. The predicted octanol–water partition coefficient (Wildman–Crippen LogP) is 2.74. The van der Waals surface area contributed by atoms with E-state index >= 15 is 0 Å². The topological polar surface area (TPSA) is 140 Å². The number of benzene rings is 1. The summed E-state index contributed by atoms with van der Waals surface area (Å²) in [5, 5.41) is 16.7. The number of pyridine rings is 1. The molecule has 0 amide bonds. The van der Waals surface area contributed by atoms with Crippen molar-refractivity contribution in [1.29, 1.82) is 0 Å². The van der Waals surface area contributed by atoms with Gasteiger partial charge in [-0.15, -0.1) is 0 Å². The minimum absolute atomic E-state index is 0.0194. The summed E-state index contributed by atoms with van der Waals surface area (Å²) in [4.78, 5) is 28.3. The van der Waals surface area contributed by atoms with E-state index < -0.39 is 34.0 Å². The third-order valence-electron chi connectivity index (χ3n) is 4.20. The second kappa shape index (κ2) is 12.3. The molecular formula is C20H24F4N4O6S. The molecule has 1 aromatic heterocycles. The molecule has 1 aromatic carbocycles. The van der Waals surface area contributed by atoms with Crippen LogP contribution in [0.5, 0.6) is 0 Å². The van der Waals surface area contributed by atoms with E-state index in [0.29, 0.717) is 19.6 Å². The second-order valence-electron chi connectivity index (χ2n) is 7.15. The van der Waals surface area contributed by atoms with Crippen molar-refractivity contribution in [3.05, 3.63) is 47.9 Å². The molecule has 0 spiro atoms. The van der Waals surface area contributed by atoms with E-state index in [2.05, 4.69) is 9.71 Å². The number of anilines is 2. The number of nitrogens with zero attached hydrogens (tertiary/aromatic N) is 3. The number of aromatic carboxylic acids is 1. The van der Waals surface area contributed by atoms with Gasteiger partial charge in [-0.1, -0.05) is 6.07 Å². The molecule has 0 atom stereocenters. The van der Waals surface area contributed by atoms with E-state index in [1.165, 1.54) is 24.4 Å². The van der Waals surface area contributed by atoms with Crippen molar-refractivity contribution in [2.75, 3.05) is 43.4 Å². The lowest BCUT2D eigenvalue weighted by Gasteiger charge is -2.25. The Kier molecular flexibility index (Phi) is 10.4. The van der Waals surface area contributed by atoms with Crippen molar-refractivity contribution in [3.63, 3.8) is 0 Å². The fraction of sp³-hybridized carbons (Fsp3) is 0.350. The maximum Gasteiger partial charge on any atom is 0.490 e. The predicted molar refractivity (Wildman–Crippen MR) is 119 cm³/mol. The minimum atomic E-state index is -5.08. The third-order valence-corrected chi connectivity index (χ3v) is 5.58. The van der Waals surface area contributed by atoms with Gasteiger partial charge >= 0.3 is 18.1 Å². The normalized spacial score (nSPS) is 11.4. The van der Waals surface area contributed by atoms with Crippen LogP contribution in [0.4, 0.5) is 29.1 Å². The number of likely N-dealkylation sites (N-methyl/N-ethyl adjacent to an activating group) is 2. The molecule has 0 aliphatic carbocycles. The Morgan fingerprint density at radius 1 is 1.11 bits per heavy atom. The van der Waals surface area contributed by atoms with Gasteiger partial charge < -0.3 is 20.0 Å². The molecule has 0 saturated carbocycles. The Bertz CT molecular complexity index is 1140. The van der Waals surface area contributed by atoms with Crippen LogP contribution in [0, 0.1) is 5.82 Å². The van der Waals surface area contributed by atoms with Crippen LogP contribution in [0.25, 0.3) is 0 Å². The van der Waals surface area contributed by atoms with E-state index in [1.807, 2.05) is 25.9 Å². The maximum absolute atomic E-state index is 13.3. The summed E-state index contributed by atoms with van der Waals surface area (Å²) >= 11 is 0. The summed E-state index contributed by atoms with van der Waals surface area (Å²) in [6, 6.07) is 5.73. The van der Waals surface area contributed by atoms with Crippen LogP contribution in [0.2, 0.25) is 0 Å². The largest absolute Gasteiger partial charge is 0.490 e. The number of hydrogen-bond donors (Lipinski definition) is 3. The van der Waals surface area contributed by atoms with Crippen LogP contribution >= 0.6 is 0 Å². The van der Waals surface area contributed by atoms with Crippen LogP contribution in [-0.2, 0) is 14.8 Å². The number of carbonyl (C=O) groups is 2. The van der Waals surface area contributed by atoms with Crippen molar-refractivity contribution in [3.8, 4) is 0 Å². The molecule has 0 bridgehead atoms. The van der Waals surface area contributed by atoms with Crippen molar-refractivity contribution in [2.24, 2.45) is 0 Å². The van der Waals surface area contributed by atoms with E-state index in [0.717, 1.165) is 12.1 Å². The molecule has 2 rings (SSSR count). The highest BCUT2D eigenvalue weighted by molar-refractivity contribution is 7.92. The molecule has 10 nitrogen and oxygen atoms in total. The third kappa shape index (κ3) is 9.36. The first kappa shape index (κ1) is 29.6. The monoisotopic (exact) mass is 524 g/mol. The number of aliphatic carboxylic acids is 1. The summed E-state index contributed by atoms with van der Waals surface area (Å²) in [5.74, 6) is -4.42. The summed E-state index contributed by atoms with van der Waals surface area (Å²) in [5.41, 5.74) is -0.144. The van der Waals surface area contributed by atoms with Crippen LogP contribution in [0.3, 0.4) is 0 Å². The van der Waals surface area contributed by atoms with Crippen molar-refractivity contribution >= 4 is 33.5 Å². The maximum atomic E-state index is 13.3. The Morgan fingerprint density at radius 3 is 2.17 bits per heavy atom. The number of hydrogen-bond acceptors (Lipinski definition) is 7. The van der Waals surface area contributed by atoms with Crippen molar-refractivity contribution < 1.29 is 45.8 Å². The molecular weight excluding hydrogens is 500 g/mol. The molecule has 194 valence electrons. The van der Waals surface area contributed by atoms with Crippen molar-refractivity contribution in [2.45, 2.75) is 18.0 Å². The summed E-state index contributed by atoms with van der Waals surface area (Å²) < 4.78 is 72.1. The number of nitrogens with one attached hydrogen (secondary N) is 1. The van der Waals surface area contributed by atoms with Crippen molar-refractivity contribution in [1.82, 2.24) is 9.88 Å². The first-order valence-corrected chi connectivity index (χ1v) is 11.3. The number of alkyl halides is 3. The number of sulfonamides is 1. The first-order chi connectivity index (χ1) is 16.1. The lowest BCUT2D eigenvalue weighted by Crippen LogP contribution is -2.33. The Labute approximate surface area is 198 Å². The molecule has 1 heterocycles. The number of rotatable bonds is 9. The van der Waals surface area contributed by atoms with E-state index in [1.54, 1.807) is 4.90 Å². The standard InChI is InChI=1S/C18H23FN4O4S.C2HF3O2/c1-4-23(9-8-22(2)3)17-16(18(24)25)11-14(12-20-17)21-28(26,27)15-7-5-6-13(19)10-15;3-2(4,5)1(6)7/h5-7,10-12,21H,4,8-9H2,1-3H3,(H,24,25);(H,6,7). The highest BCUT2D eigenvalue weighted by atomic mass is 32.2. The Morgan fingerprint density at radius 2 is 1.71 bits per heavy atom. The van der Waals surface area contributed by atoms with Gasteiger partial charge in [0.15, 0.2) is 0 Å². The smallest absolute Gasteiger partial charge is 0.478 e. The van der Waals surface area contributed by atoms with Crippen LogP contribution in [0.1, 0.15) is 17.3 Å². The number of aromatic nitrogens is 1. The van der Waals surface area contributed by atoms with Gasteiger partial charge in [-0.2, -0.15) is 13.2 Å². The molecule has 0 aliphatic rings. The second-order valence-corrected chi connectivity index (χ2v) is 8.83. The SMILES string of the molecule is CCN(CCN(C)C)c1ncc(NS(=O)(=O)c2cccc(F)c2)cc1C(=O)O.O=C(O)C(F)(F)F. The van der Waals surface area contributed by atoms with Gasteiger partial charge in [0.1, 0.15) is 17.2 Å². The molecule has 0 radical (unpaired) electrons. The van der Waals surface area contributed by atoms with Gasteiger partial charge in [-0.05, 0) is 45.3 Å². The molecule has 3 N–H and O–H groups in total. The average molecular weight is 524 g/mol. The van der Waals surface area contributed by atoms with Gasteiger partial charge in [0, 0.05) is 19.6 Å². The average Bonchev–Trinajstić information content (AvgIpc) is 2.74. The molecule has 35 heavy (non-hydrogen) atoms. The summed E-state index contributed by atoms with van der Waals surface area (Å²) in [7, 11) is -0.269. The number of halogens is 4. The number of carboxylic acids is 2. The lowest BCUT2D eigenvalue weighted by molar-refractivity contribution is -0.192. The molecule has 0 fully saturated rings. The fourth-order valence-electron chi connectivity index (χ4n) is 2.51. The lowest BCUT2D eigenvalue weighted by atomic mass is 10.2. The van der Waals surface area contributed by atoms with Gasteiger partial charge in [0.25, 0.3) is 10.0 Å². The zero-order valence-corrected chi connectivity index (χ0v) is 19.7. The van der Waals surface area contributed by atoms with Crippen LogP contribution in [-0.4, -0.2) is 80.4 Å². The van der Waals surface area contributed by atoms with Gasteiger partial charge in [0.2, 0.25) is 0 Å². The molecule has 2 aromatic rings. The zero-order chi connectivity index (χ0) is 27.0. The van der Waals surface area contributed by atoms with E-state index in [9.17, 15) is 35.9 Å². The van der Waals surface area contributed by atoms with E-state index in [-0.39, 0.29) is 22.0 Å². The summed E-state index contributed by atoms with van der Waals surface area (Å²) in [6.07, 6.45) is -3.84. The Balaban J connectivity index is 0.000000762. The van der Waals surface area contributed by atoms with Gasteiger partial charge in [0.05, 0.1) is 16.8 Å². The van der Waals surface area contributed by atoms with Gasteiger partial charge in [-0.3, -0.25) is 4.72 Å². The van der Waals surface area contributed by atoms with Gasteiger partial charge in [-0.25, -0.2) is 27.4 Å². The Hall–Kier alpha value is -3.46. The fourth-order valence-corrected chi connectivity index (χ4v) is 3.57.